The Bertz CT molecular complexity index is 738. The van der Waals surface area contributed by atoms with Crippen LogP contribution in [-0.4, -0.2) is 26.1 Å². The number of hydrogen-bond acceptors (Lipinski definition) is 4. The van der Waals surface area contributed by atoms with Crippen LogP contribution in [0, 0.1) is 0 Å². The summed E-state index contributed by atoms with van der Waals surface area (Å²) in [5, 5.41) is 13.9. The second kappa shape index (κ2) is 6.17. The van der Waals surface area contributed by atoms with Crippen LogP contribution in [0.5, 0.6) is 0 Å². The quantitative estimate of drug-likeness (QED) is 0.800. The first-order chi connectivity index (χ1) is 10.7. The molecule has 3 rings (SSSR count). The molecule has 1 N–H and O–H groups in total. The molecule has 22 heavy (non-hydrogen) atoms. The van der Waals surface area contributed by atoms with Crippen LogP contribution in [0.4, 0.5) is 0 Å². The van der Waals surface area contributed by atoms with Gasteiger partial charge in [-0.1, -0.05) is 30.3 Å². The molecule has 0 bridgehead atoms. The number of rotatable bonds is 4. The number of nitrogens with one attached hydrogen (secondary N) is 1. The molecule has 110 valence electrons. The van der Waals surface area contributed by atoms with Crippen molar-refractivity contribution < 1.29 is 4.79 Å². The van der Waals surface area contributed by atoms with E-state index >= 15 is 0 Å². The smallest absolute Gasteiger partial charge is 0.251 e. The van der Waals surface area contributed by atoms with Gasteiger partial charge in [0.15, 0.2) is 0 Å². The molecule has 0 fully saturated rings. The summed E-state index contributed by atoms with van der Waals surface area (Å²) in [7, 11) is 0. The van der Waals surface area contributed by atoms with E-state index in [9.17, 15) is 4.79 Å². The average molecular weight is 293 g/mol. The van der Waals surface area contributed by atoms with E-state index in [1.54, 1.807) is 24.3 Å². The van der Waals surface area contributed by atoms with Gasteiger partial charge in [-0.05, 0) is 47.2 Å². The lowest BCUT2D eigenvalue weighted by Crippen LogP contribution is -2.26. The normalized spacial score (nSPS) is 11.9. The Morgan fingerprint density at radius 1 is 1.09 bits per heavy atom. The third-order valence-electron chi connectivity index (χ3n) is 3.39. The zero-order chi connectivity index (χ0) is 15.4. The van der Waals surface area contributed by atoms with Crippen LogP contribution < -0.4 is 5.32 Å². The Hall–Kier alpha value is -3.02. The van der Waals surface area contributed by atoms with Gasteiger partial charge in [0.1, 0.15) is 6.33 Å². The predicted molar refractivity (Wildman–Crippen MR) is 81.5 cm³/mol. The molecule has 1 atom stereocenters. The Balaban J connectivity index is 1.70. The summed E-state index contributed by atoms with van der Waals surface area (Å²) in [5.74, 6) is -0.111. The van der Waals surface area contributed by atoms with Gasteiger partial charge in [0, 0.05) is 5.56 Å². The molecule has 0 saturated heterocycles. The standard InChI is InChI=1S/C16H15N5O/c1-12(13-5-3-2-4-6-13)18-16(22)14-7-9-15(10-8-14)21-11-17-19-20-21/h2-12H,1H3,(H,18,22)/t12-/m1/s1. The zero-order valence-electron chi connectivity index (χ0n) is 12.0. The lowest BCUT2D eigenvalue weighted by molar-refractivity contribution is 0.0940. The maximum absolute atomic E-state index is 12.3. The zero-order valence-corrected chi connectivity index (χ0v) is 12.0. The molecule has 0 unspecified atom stereocenters. The van der Waals surface area contributed by atoms with Crippen LogP contribution in [0.2, 0.25) is 0 Å². The fourth-order valence-electron chi connectivity index (χ4n) is 2.15. The Kier molecular flexibility index (Phi) is 3.91. The summed E-state index contributed by atoms with van der Waals surface area (Å²) in [6.07, 6.45) is 1.51. The number of tetrazole rings is 1. The molecule has 6 heteroatoms. The number of nitrogens with zero attached hydrogens (tertiary/aromatic N) is 4. The van der Waals surface area contributed by atoms with Crippen molar-refractivity contribution in [3.05, 3.63) is 72.1 Å². The number of carbonyl (C=O) groups excluding carboxylic acids is 1. The van der Waals surface area contributed by atoms with Crippen LogP contribution >= 0.6 is 0 Å². The van der Waals surface area contributed by atoms with Gasteiger partial charge in [-0.2, -0.15) is 0 Å². The van der Waals surface area contributed by atoms with Gasteiger partial charge < -0.3 is 5.32 Å². The van der Waals surface area contributed by atoms with Gasteiger partial charge in [0.05, 0.1) is 11.7 Å². The van der Waals surface area contributed by atoms with Crippen molar-refractivity contribution in [2.45, 2.75) is 13.0 Å². The van der Waals surface area contributed by atoms with E-state index in [1.165, 1.54) is 11.0 Å². The molecule has 1 heterocycles. The van der Waals surface area contributed by atoms with E-state index in [0.29, 0.717) is 5.56 Å². The highest BCUT2D eigenvalue weighted by Gasteiger charge is 2.11. The fraction of sp³-hybridized carbons (Fsp3) is 0.125. The van der Waals surface area contributed by atoms with Crippen molar-refractivity contribution in [2.24, 2.45) is 0 Å². The van der Waals surface area contributed by atoms with Crippen LogP contribution in [-0.2, 0) is 0 Å². The third kappa shape index (κ3) is 3.01. The molecule has 0 aliphatic rings. The van der Waals surface area contributed by atoms with Crippen molar-refractivity contribution in [1.29, 1.82) is 0 Å². The monoisotopic (exact) mass is 293 g/mol. The summed E-state index contributed by atoms with van der Waals surface area (Å²) in [6.45, 7) is 1.96. The topological polar surface area (TPSA) is 72.7 Å². The molecule has 0 radical (unpaired) electrons. The van der Waals surface area contributed by atoms with E-state index < -0.39 is 0 Å². The Morgan fingerprint density at radius 2 is 1.82 bits per heavy atom. The van der Waals surface area contributed by atoms with Crippen molar-refractivity contribution in [2.75, 3.05) is 0 Å². The lowest BCUT2D eigenvalue weighted by atomic mass is 10.1. The van der Waals surface area contributed by atoms with Crippen molar-refractivity contribution in [3.8, 4) is 5.69 Å². The first kappa shape index (κ1) is 13.9. The molecule has 2 aromatic carbocycles. The number of amides is 1. The van der Waals surface area contributed by atoms with Gasteiger partial charge in [-0.3, -0.25) is 4.79 Å². The lowest BCUT2D eigenvalue weighted by Gasteiger charge is -2.14. The van der Waals surface area contributed by atoms with E-state index in [-0.39, 0.29) is 11.9 Å². The highest BCUT2D eigenvalue weighted by Crippen LogP contribution is 2.13. The summed E-state index contributed by atoms with van der Waals surface area (Å²) in [5.41, 5.74) is 2.47. The highest BCUT2D eigenvalue weighted by atomic mass is 16.1. The average Bonchev–Trinajstić information content (AvgIpc) is 3.10. The molecule has 0 saturated carbocycles. The van der Waals surface area contributed by atoms with Gasteiger partial charge >= 0.3 is 0 Å². The summed E-state index contributed by atoms with van der Waals surface area (Å²) >= 11 is 0. The second-order valence-electron chi connectivity index (χ2n) is 4.91. The molecule has 0 aliphatic heterocycles. The third-order valence-corrected chi connectivity index (χ3v) is 3.39. The molecular formula is C16H15N5O. The molecular weight excluding hydrogens is 278 g/mol. The molecule has 0 spiro atoms. The van der Waals surface area contributed by atoms with Crippen LogP contribution in [0.25, 0.3) is 5.69 Å². The van der Waals surface area contributed by atoms with Crippen LogP contribution in [0.1, 0.15) is 28.9 Å². The van der Waals surface area contributed by atoms with Crippen LogP contribution in [0.3, 0.4) is 0 Å². The summed E-state index contributed by atoms with van der Waals surface area (Å²) in [4.78, 5) is 12.3. The van der Waals surface area contributed by atoms with Gasteiger partial charge in [0.25, 0.3) is 5.91 Å². The van der Waals surface area contributed by atoms with E-state index in [0.717, 1.165) is 11.3 Å². The molecule has 3 aromatic rings. The van der Waals surface area contributed by atoms with Crippen molar-refractivity contribution in [3.63, 3.8) is 0 Å². The SMILES string of the molecule is C[C@@H](NC(=O)c1ccc(-n2cnnn2)cc1)c1ccccc1. The molecule has 0 aliphatic carbocycles. The molecule has 1 aromatic heterocycles. The Morgan fingerprint density at radius 3 is 2.45 bits per heavy atom. The van der Waals surface area contributed by atoms with E-state index in [2.05, 4.69) is 20.8 Å². The predicted octanol–water partition coefficient (Wildman–Crippen LogP) is 2.15. The molecule has 1 amide bonds. The number of carbonyl (C=O) groups is 1. The number of hydrogen-bond donors (Lipinski definition) is 1. The fourth-order valence-corrected chi connectivity index (χ4v) is 2.15. The first-order valence-electron chi connectivity index (χ1n) is 6.93. The van der Waals surface area contributed by atoms with Gasteiger partial charge in [0.2, 0.25) is 0 Å². The maximum atomic E-state index is 12.3. The summed E-state index contributed by atoms with van der Waals surface area (Å²) < 4.78 is 1.54. The minimum atomic E-state index is -0.111. The molecule has 6 nitrogen and oxygen atoms in total. The van der Waals surface area contributed by atoms with Crippen molar-refractivity contribution >= 4 is 5.91 Å². The van der Waals surface area contributed by atoms with Crippen molar-refractivity contribution in [1.82, 2.24) is 25.5 Å². The van der Waals surface area contributed by atoms with Crippen LogP contribution in [0.15, 0.2) is 60.9 Å². The van der Waals surface area contributed by atoms with E-state index in [1.807, 2.05) is 37.3 Å². The van der Waals surface area contributed by atoms with E-state index in [4.69, 9.17) is 0 Å². The van der Waals surface area contributed by atoms with Gasteiger partial charge in [-0.15, -0.1) is 5.10 Å². The highest BCUT2D eigenvalue weighted by molar-refractivity contribution is 5.94. The maximum Gasteiger partial charge on any atom is 0.251 e. The Labute approximate surface area is 127 Å². The minimum absolute atomic E-state index is 0.0482. The van der Waals surface area contributed by atoms with Gasteiger partial charge in [-0.25, -0.2) is 4.68 Å². The minimum Gasteiger partial charge on any atom is -0.346 e. The summed E-state index contributed by atoms with van der Waals surface area (Å²) in [6, 6.07) is 16.9. The second-order valence-corrected chi connectivity index (χ2v) is 4.91. The largest absolute Gasteiger partial charge is 0.346 e. The number of aromatic nitrogens is 4. The first-order valence-corrected chi connectivity index (χ1v) is 6.93. The number of benzene rings is 2.